The summed E-state index contributed by atoms with van der Waals surface area (Å²) in [5.74, 6) is -0.351. The molecule has 1 atom stereocenters. The van der Waals surface area contributed by atoms with E-state index in [1.807, 2.05) is 49.4 Å². The highest BCUT2D eigenvalue weighted by Gasteiger charge is 2.26. The van der Waals surface area contributed by atoms with Crippen LogP contribution < -0.4 is 0 Å². The number of carbonyl (C=O) groups excluding carboxylic acids is 1. The van der Waals surface area contributed by atoms with E-state index < -0.39 is 11.5 Å². The van der Waals surface area contributed by atoms with Crippen molar-refractivity contribution >= 4 is 28.5 Å². The molecule has 0 saturated heterocycles. The highest BCUT2D eigenvalue weighted by Crippen LogP contribution is 2.37. The van der Waals surface area contributed by atoms with Crippen LogP contribution in [0, 0.1) is 12.3 Å². The second-order valence-corrected chi connectivity index (χ2v) is 8.36. The number of hydrogen-bond acceptors (Lipinski definition) is 4. The van der Waals surface area contributed by atoms with Gasteiger partial charge in [0.25, 0.3) is 0 Å². The number of fused-ring (bicyclic) bond motifs is 1. The Bertz CT molecular complexity index is 1010. The smallest absolute Gasteiger partial charge is 0.311 e. The molecule has 3 rings (SSSR count). The van der Waals surface area contributed by atoms with Gasteiger partial charge in [-0.15, -0.1) is 0 Å². The molecule has 146 valence electrons. The Labute approximate surface area is 170 Å². The van der Waals surface area contributed by atoms with Crippen LogP contribution in [0.2, 0.25) is 5.02 Å². The molecule has 0 bridgehead atoms. The number of esters is 1. The highest BCUT2D eigenvalue weighted by atomic mass is 35.5. The molecule has 2 aromatic carbocycles. The van der Waals surface area contributed by atoms with Crippen molar-refractivity contribution in [2.45, 2.75) is 33.8 Å². The van der Waals surface area contributed by atoms with Crippen molar-refractivity contribution in [2.24, 2.45) is 5.41 Å². The summed E-state index contributed by atoms with van der Waals surface area (Å²) >= 11 is 6.06. The van der Waals surface area contributed by atoms with E-state index in [4.69, 9.17) is 16.3 Å². The lowest BCUT2D eigenvalue weighted by Gasteiger charge is -2.22. The number of ether oxygens (including phenoxy) is 1. The molecule has 4 nitrogen and oxygen atoms in total. The van der Waals surface area contributed by atoms with Gasteiger partial charge in [0.1, 0.15) is 12.7 Å². The molecule has 0 aliphatic carbocycles. The van der Waals surface area contributed by atoms with Crippen molar-refractivity contribution in [3.05, 3.63) is 64.8 Å². The fourth-order valence-corrected chi connectivity index (χ4v) is 3.30. The van der Waals surface area contributed by atoms with E-state index in [9.17, 15) is 9.90 Å². The number of aryl methyl sites for hydroxylation is 1. The molecule has 0 radical (unpaired) electrons. The number of aromatic nitrogens is 1. The molecular formula is C23H24ClNO3. The predicted molar refractivity (Wildman–Crippen MR) is 112 cm³/mol. The minimum atomic E-state index is -0.969. The van der Waals surface area contributed by atoms with Crippen LogP contribution in [0.15, 0.2) is 48.7 Å². The lowest BCUT2D eigenvalue weighted by atomic mass is 9.89. The van der Waals surface area contributed by atoms with E-state index in [0.717, 1.165) is 27.6 Å². The zero-order valence-electron chi connectivity index (χ0n) is 16.5. The zero-order chi connectivity index (χ0) is 20.5. The Morgan fingerprint density at radius 2 is 1.89 bits per heavy atom. The van der Waals surface area contributed by atoms with Crippen molar-refractivity contribution < 1.29 is 14.6 Å². The number of carbonyl (C=O) groups is 1. The SMILES string of the molecule is Cc1cc2cccnc2c(-c2ccc(Cl)cc2)c1[C@@H](O)COC(=O)C(C)(C)C. The lowest BCUT2D eigenvalue weighted by molar-refractivity contribution is -0.156. The lowest BCUT2D eigenvalue weighted by Crippen LogP contribution is -2.25. The number of pyridine rings is 1. The zero-order valence-corrected chi connectivity index (χ0v) is 17.2. The van der Waals surface area contributed by atoms with Gasteiger partial charge in [-0.1, -0.05) is 29.8 Å². The van der Waals surface area contributed by atoms with Crippen molar-refractivity contribution in [1.29, 1.82) is 0 Å². The maximum atomic E-state index is 12.1. The van der Waals surface area contributed by atoms with E-state index in [-0.39, 0.29) is 12.6 Å². The Balaban J connectivity index is 2.10. The number of hydrogen-bond donors (Lipinski definition) is 1. The summed E-state index contributed by atoms with van der Waals surface area (Å²) in [4.78, 5) is 16.7. The van der Waals surface area contributed by atoms with Crippen molar-refractivity contribution in [3.63, 3.8) is 0 Å². The number of aliphatic hydroxyl groups is 1. The molecule has 0 amide bonds. The molecule has 0 saturated carbocycles. The molecule has 0 fully saturated rings. The van der Waals surface area contributed by atoms with Gasteiger partial charge in [0.2, 0.25) is 0 Å². The van der Waals surface area contributed by atoms with Crippen LogP contribution in [0.1, 0.15) is 38.0 Å². The molecule has 1 N–H and O–H groups in total. The van der Waals surface area contributed by atoms with Crippen LogP contribution in [-0.2, 0) is 9.53 Å². The van der Waals surface area contributed by atoms with Crippen LogP contribution in [0.25, 0.3) is 22.0 Å². The van der Waals surface area contributed by atoms with Crippen LogP contribution in [0.5, 0.6) is 0 Å². The molecular weight excluding hydrogens is 374 g/mol. The maximum Gasteiger partial charge on any atom is 0.311 e. The van der Waals surface area contributed by atoms with Crippen LogP contribution >= 0.6 is 11.6 Å². The molecule has 3 aromatic rings. The average Bonchev–Trinajstić information content (AvgIpc) is 2.64. The molecule has 0 unspecified atom stereocenters. The number of aliphatic hydroxyl groups excluding tert-OH is 1. The fraction of sp³-hybridized carbons (Fsp3) is 0.304. The highest BCUT2D eigenvalue weighted by molar-refractivity contribution is 6.30. The number of halogens is 1. The molecule has 5 heteroatoms. The van der Waals surface area contributed by atoms with Crippen LogP contribution in [0.4, 0.5) is 0 Å². The summed E-state index contributed by atoms with van der Waals surface area (Å²) in [5, 5.41) is 12.6. The minimum Gasteiger partial charge on any atom is -0.462 e. The van der Waals surface area contributed by atoms with Gasteiger partial charge in [-0.25, -0.2) is 0 Å². The van der Waals surface area contributed by atoms with Gasteiger partial charge >= 0.3 is 5.97 Å². The number of nitrogens with zero attached hydrogens (tertiary/aromatic N) is 1. The largest absolute Gasteiger partial charge is 0.462 e. The summed E-state index contributed by atoms with van der Waals surface area (Å²) in [6.07, 6.45) is 0.760. The molecule has 28 heavy (non-hydrogen) atoms. The van der Waals surface area contributed by atoms with Gasteiger partial charge in [-0.2, -0.15) is 0 Å². The number of benzene rings is 2. The third kappa shape index (κ3) is 4.18. The van der Waals surface area contributed by atoms with Crippen molar-refractivity contribution in [2.75, 3.05) is 6.61 Å². The van der Waals surface area contributed by atoms with Crippen molar-refractivity contribution in [3.8, 4) is 11.1 Å². The van der Waals surface area contributed by atoms with E-state index >= 15 is 0 Å². The van der Waals surface area contributed by atoms with Gasteiger partial charge in [-0.3, -0.25) is 9.78 Å². The predicted octanol–water partition coefficient (Wildman–Crippen LogP) is 5.49. The summed E-state index contributed by atoms with van der Waals surface area (Å²) in [5.41, 5.74) is 3.49. The Kier molecular flexibility index (Phi) is 5.73. The quantitative estimate of drug-likeness (QED) is 0.591. The van der Waals surface area contributed by atoms with Gasteiger partial charge in [-0.05, 0) is 68.7 Å². The van der Waals surface area contributed by atoms with Crippen LogP contribution in [-0.4, -0.2) is 22.7 Å². The standard InChI is InChI=1S/C23H24ClNO3/c1-14-12-16-6-5-11-25-21(16)20(15-7-9-17(24)10-8-15)19(14)18(26)13-28-22(27)23(2,3)4/h5-12,18,26H,13H2,1-4H3/t18-/m0/s1. The Morgan fingerprint density at radius 3 is 2.54 bits per heavy atom. The maximum absolute atomic E-state index is 12.1. The summed E-state index contributed by atoms with van der Waals surface area (Å²) < 4.78 is 5.37. The Morgan fingerprint density at radius 1 is 1.21 bits per heavy atom. The van der Waals surface area contributed by atoms with E-state index in [0.29, 0.717) is 10.6 Å². The first kappa shape index (κ1) is 20.3. The monoisotopic (exact) mass is 397 g/mol. The second-order valence-electron chi connectivity index (χ2n) is 7.93. The van der Waals surface area contributed by atoms with Gasteiger partial charge < -0.3 is 9.84 Å². The topological polar surface area (TPSA) is 59.4 Å². The van der Waals surface area contributed by atoms with Gasteiger partial charge in [0, 0.05) is 22.2 Å². The minimum absolute atomic E-state index is 0.115. The van der Waals surface area contributed by atoms with Gasteiger partial charge in [0.15, 0.2) is 0 Å². The molecule has 1 heterocycles. The molecule has 0 aliphatic heterocycles. The third-order valence-electron chi connectivity index (χ3n) is 4.59. The Hall–Kier alpha value is -2.43. The summed E-state index contributed by atoms with van der Waals surface area (Å²) in [7, 11) is 0. The van der Waals surface area contributed by atoms with Gasteiger partial charge in [0.05, 0.1) is 10.9 Å². The van der Waals surface area contributed by atoms with Crippen LogP contribution in [0.3, 0.4) is 0 Å². The third-order valence-corrected chi connectivity index (χ3v) is 4.84. The summed E-state index contributed by atoms with van der Waals surface area (Å²) in [6.45, 7) is 7.18. The van der Waals surface area contributed by atoms with Crippen molar-refractivity contribution in [1.82, 2.24) is 4.98 Å². The molecule has 0 spiro atoms. The number of rotatable bonds is 4. The molecule has 0 aliphatic rings. The summed E-state index contributed by atoms with van der Waals surface area (Å²) in [6, 6.07) is 13.3. The first-order valence-corrected chi connectivity index (χ1v) is 9.55. The first-order valence-electron chi connectivity index (χ1n) is 9.18. The van der Waals surface area contributed by atoms with E-state index in [2.05, 4.69) is 4.98 Å². The van der Waals surface area contributed by atoms with E-state index in [1.54, 1.807) is 27.0 Å². The second kappa shape index (κ2) is 7.90. The normalized spacial score (nSPS) is 12.8. The molecule has 1 aromatic heterocycles. The fourth-order valence-electron chi connectivity index (χ4n) is 3.17. The van der Waals surface area contributed by atoms with E-state index in [1.165, 1.54) is 0 Å². The first-order chi connectivity index (χ1) is 13.2. The average molecular weight is 398 g/mol.